The minimum atomic E-state index is 0.224. The van der Waals surface area contributed by atoms with E-state index in [0.717, 1.165) is 12.2 Å². The van der Waals surface area contributed by atoms with E-state index in [1.54, 1.807) is 0 Å². The van der Waals surface area contributed by atoms with Crippen molar-refractivity contribution < 1.29 is 4.74 Å². The Morgan fingerprint density at radius 3 is 3.00 bits per heavy atom. The van der Waals surface area contributed by atoms with Crippen molar-refractivity contribution in [2.24, 2.45) is 0 Å². The van der Waals surface area contributed by atoms with E-state index in [0.29, 0.717) is 5.92 Å². The fourth-order valence-corrected chi connectivity index (χ4v) is 2.34. The Morgan fingerprint density at radius 2 is 2.13 bits per heavy atom. The molecule has 2 unspecified atom stereocenters. The Balaban J connectivity index is 2.00. The van der Waals surface area contributed by atoms with E-state index in [1.165, 1.54) is 11.1 Å². The third kappa shape index (κ3) is 1.30. The summed E-state index contributed by atoms with van der Waals surface area (Å²) in [6.07, 6.45) is 8.06. The molecule has 3 rings (SSSR count). The summed E-state index contributed by atoms with van der Waals surface area (Å²) in [5.41, 5.74) is 2.70. The summed E-state index contributed by atoms with van der Waals surface area (Å²) in [4.78, 5) is 0. The first-order chi connectivity index (χ1) is 7.38. The molecule has 0 fully saturated rings. The molecule has 1 nitrogen and oxygen atoms in total. The molecule has 1 heterocycles. The van der Waals surface area contributed by atoms with Gasteiger partial charge in [0.2, 0.25) is 0 Å². The average Bonchev–Trinajstić information content (AvgIpc) is 2.66. The molecule has 0 bridgehead atoms. The second-order valence-corrected chi connectivity index (χ2v) is 4.10. The molecule has 0 N–H and O–H groups in total. The number of hydrogen-bond acceptors (Lipinski definition) is 1. The summed E-state index contributed by atoms with van der Waals surface area (Å²) in [6.45, 7) is 2.18. The fraction of sp³-hybridized carbons (Fsp3) is 0.286. The highest BCUT2D eigenvalue weighted by Crippen LogP contribution is 2.41. The first-order valence-corrected chi connectivity index (χ1v) is 5.53. The van der Waals surface area contributed by atoms with Crippen molar-refractivity contribution in [1.29, 1.82) is 0 Å². The van der Waals surface area contributed by atoms with Gasteiger partial charge in [0, 0.05) is 11.5 Å². The third-order valence-corrected chi connectivity index (χ3v) is 3.20. The zero-order chi connectivity index (χ0) is 10.3. The molecule has 2 aliphatic rings. The van der Waals surface area contributed by atoms with Crippen LogP contribution < -0.4 is 4.74 Å². The van der Waals surface area contributed by atoms with Crippen LogP contribution >= 0.6 is 0 Å². The Labute approximate surface area is 90.1 Å². The normalized spacial score (nSPS) is 26.6. The molecular weight excluding hydrogens is 184 g/mol. The highest BCUT2D eigenvalue weighted by molar-refractivity contribution is 5.47. The number of hydrogen-bond donors (Lipinski definition) is 0. The second-order valence-electron chi connectivity index (χ2n) is 4.10. The van der Waals surface area contributed by atoms with Gasteiger partial charge in [0.25, 0.3) is 0 Å². The van der Waals surface area contributed by atoms with Gasteiger partial charge >= 0.3 is 0 Å². The van der Waals surface area contributed by atoms with E-state index in [1.807, 2.05) is 6.07 Å². The maximum absolute atomic E-state index is 5.92. The molecule has 15 heavy (non-hydrogen) atoms. The van der Waals surface area contributed by atoms with Crippen molar-refractivity contribution >= 4 is 0 Å². The van der Waals surface area contributed by atoms with E-state index in [9.17, 15) is 0 Å². The molecule has 0 saturated heterocycles. The smallest absolute Gasteiger partial charge is 0.128 e. The van der Waals surface area contributed by atoms with Crippen LogP contribution in [0.3, 0.4) is 0 Å². The summed E-state index contributed by atoms with van der Waals surface area (Å²) in [5, 5.41) is 0. The van der Waals surface area contributed by atoms with Gasteiger partial charge in [0.05, 0.1) is 0 Å². The molecule has 0 amide bonds. The number of allylic oxidation sites excluding steroid dienone is 2. The van der Waals surface area contributed by atoms with Crippen LogP contribution in [0.15, 0.2) is 48.1 Å². The van der Waals surface area contributed by atoms with Gasteiger partial charge in [0.15, 0.2) is 0 Å². The molecule has 0 radical (unpaired) electrons. The predicted octanol–water partition coefficient (Wildman–Crippen LogP) is 3.44. The van der Waals surface area contributed by atoms with Crippen LogP contribution in [0.2, 0.25) is 0 Å². The van der Waals surface area contributed by atoms with Crippen LogP contribution in [-0.4, -0.2) is 6.10 Å². The third-order valence-electron chi connectivity index (χ3n) is 3.20. The number of benzene rings is 1. The van der Waals surface area contributed by atoms with Crippen molar-refractivity contribution in [3.8, 4) is 5.75 Å². The lowest BCUT2D eigenvalue weighted by Gasteiger charge is -2.17. The molecule has 2 atom stereocenters. The van der Waals surface area contributed by atoms with Gasteiger partial charge in [0.1, 0.15) is 11.9 Å². The molecule has 1 aromatic carbocycles. The summed E-state index contributed by atoms with van der Waals surface area (Å²) >= 11 is 0. The Hall–Kier alpha value is -1.50. The van der Waals surface area contributed by atoms with Gasteiger partial charge in [-0.1, -0.05) is 37.3 Å². The fourth-order valence-electron chi connectivity index (χ4n) is 2.34. The van der Waals surface area contributed by atoms with Crippen molar-refractivity contribution in [1.82, 2.24) is 0 Å². The SMILES string of the molecule is CCC1=CC2Oc3ccccc3C2C=C1. The van der Waals surface area contributed by atoms with Gasteiger partial charge in [-0.25, -0.2) is 0 Å². The van der Waals surface area contributed by atoms with Crippen molar-refractivity contribution in [2.75, 3.05) is 0 Å². The van der Waals surface area contributed by atoms with Crippen LogP contribution in [0.5, 0.6) is 5.75 Å². The van der Waals surface area contributed by atoms with Gasteiger partial charge < -0.3 is 4.74 Å². The highest BCUT2D eigenvalue weighted by Gasteiger charge is 2.32. The molecule has 0 spiro atoms. The number of fused-ring (bicyclic) bond motifs is 3. The maximum Gasteiger partial charge on any atom is 0.128 e. The molecule has 0 aromatic heterocycles. The minimum Gasteiger partial charge on any atom is -0.485 e. The Bertz CT molecular complexity index is 442. The molecule has 1 aromatic rings. The lowest BCUT2D eigenvalue weighted by Crippen LogP contribution is -2.17. The van der Waals surface area contributed by atoms with E-state index >= 15 is 0 Å². The standard InChI is InChI=1S/C14H14O/c1-2-10-7-8-12-11-5-3-4-6-13(11)15-14(12)9-10/h3-9,12,14H,2H2,1H3. The molecule has 1 heteroatoms. The predicted molar refractivity (Wildman–Crippen MR) is 61.1 cm³/mol. The molecule has 1 aliphatic heterocycles. The topological polar surface area (TPSA) is 9.23 Å². The summed E-state index contributed by atoms with van der Waals surface area (Å²) < 4.78 is 5.92. The highest BCUT2D eigenvalue weighted by atomic mass is 16.5. The largest absolute Gasteiger partial charge is 0.485 e. The van der Waals surface area contributed by atoms with Crippen LogP contribution in [0, 0.1) is 0 Å². The van der Waals surface area contributed by atoms with E-state index < -0.39 is 0 Å². The van der Waals surface area contributed by atoms with E-state index in [2.05, 4.69) is 43.4 Å². The van der Waals surface area contributed by atoms with Crippen molar-refractivity contribution in [3.63, 3.8) is 0 Å². The minimum absolute atomic E-state index is 0.224. The van der Waals surface area contributed by atoms with Crippen LogP contribution in [0.1, 0.15) is 24.8 Å². The number of rotatable bonds is 1. The lowest BCUT2D eigenvalue weighted by atomic mass is 9.89. The monoisotopic (exact) mass is 198 g/mol. The first-order valence-electron chi connectivity index (χ1n) is 5.53. The number of ether oxygens (including phenoxy) is 1. The Morgan fingerprint density at radius 1 is 1.27 bits per heavy atom. The van der Waals surface area contributed by atoms with Crippen LogP contribution in [-0.2, 0) is 0 Å². The lowest BCUT2D eigenvalue weighted by molar-refractivity contribution is 0.267. The molecule has 0 saturated carbocycles. The maximum atomic E-state index is 5.92. The first kappa shape index (κ1) is 8.78. The van der Waals surface area contributed by atoms with Crippen LogP contribution in [0.25, 0.3) is 0 Å². The number of para-hydroxylation sites is 1. The molecule has 76 valence electrons. The van der Waals surface area contributed by atoms with Crippen LogP contribution in [0.4, 0.5) is 0 Å². The van der Waals surface area contributed by atoms with Gasteiger partial charge in [-0.2, -0.15) is 0 Å². The quantitative estimate of drug-likeness (QED) is 0.671. The van der Waals surface area contributed by atoms with Gasteiger partial charge in [-0.3, -0.25) is 0 Å². The van der Waals surface area contributed by atoms with Crippen molar-refractivity contribution in [2.45, 2.75) is 25.4 Å². The van der Waals surface area contributed by atoms with Gasteiger partial charge in [-0.15, -0.1) is 0 Å². The van der Waals surface area contributed by atoms with E-state index in [-0.39, 0.29) is 6.10 Å². The summed E-state index contributed by atoms with van der Waals surface area (Å²) in [7, 11) is 0. The zero-order valence-corrected chi connectivity index (χ0v) is 8.81. The van der Waals surface area contributed by atoms with E-state index in [4.69, 9.17) is 4.74 Å². The van der Waals surface area contributed by atoms with Gasteiger partial charge in [-0.05, 0) is 24.1 Å². The summed E-state index contributed by atoms with van der Waals surface area (Å²) in [5.74, 6) is 1.47. The van der Waals surface area contributed by atoms with Crippen molar-refractivity contribution in [3.05, 3.63) is 53.6 Å². The zero-order valence-electron chi connectivity index (χ0n) is 8.81. The summed E-state index contributed by atoms with van der Waals surface area (Å²) in [6, 6.07) is 8.33. The second kappa shape index (κ2) is 3.27. The Kier molecular flexibility index (Phi) is 1.91. The molecular formula is C14H14O. The molecule has 1 aliphatic carbocycles. The average molecular weight is 198 g/mol.